The first-order valence-corrected chi connectivity index (χ1v) is 10.3. The minimum Gasteiger partial charge on any atom is -0.497 e. The SMILES string of the molecule is COc1ccc(S(=O)(=O)Nc2cc(C)cc(-c3sc(C)nc3C)c2)cc1. The summed E-state index contributed by atoms with van der Waals surface area (Å²) in [6.45, 7) is 5.87. The maximum absolute atomic E-state index is 12.7. The zero-order chi connectivity index (χ0) is 18.9. The number of hydrogen-bond donors (Lipinski definition) is 1. The van der Waals surface area contributed by atoms with Gasteiger partial charge in [-0.2, -0.15) is 0 Å². The number of benzene rings is 2. The van der Waals surface area contributed by atoms with E-state index >= 15 is 0 Å². The maximum Gasteiger partial charge on any atom is 0.261 e. The highest BCUT2D eigenvalue weighted by Gasteiger charge is 2.16. The van der Waals surface area contributed by atoms with Crippen LogP contribution in [0.1, 0.15) is 16.3 Å². The molecule has 0 radical (unpaired) electrons. The molecule has 0 aliphatic heterocycles. The molecule has 0 unspecified atom stereocenters. The van der Waals surface area contributed by atoms with Crippen LogP contribution in [0.15, 0.2) is 47.4 Å². The third-order valence-electron chi connectivity index (χ3n) is 3.87. The van der Waals surface area contributed by atoms with Crippen molar-refractivity contribution in [2.24, 2.45) is 0 Å². The number of nitrogens with zero attached hydrogens (tertiary/aromatic N) is 1. The number of aryl methyl sites for hydroxylation is 3. The van der Waals surface area contributed by atoms with E-state index in [4.69, 9.17) is 4.74 Å². The smallest absolute Gasteiger partial charge is 0.261 e. The molecule has 0 amide bonds. The van der Waals surface area contributed by atoms with Crippen LogP contribution in [0, 0.1) is 20.8 Å². The highest BCUT2D eigenvalue weighted by atomic mass is 32.2. The van der Waals surface area contributed by atoms with Crippen molar-refractivity contribution in [2.75, 3.05) is 11.8 Å². The highest BCUT2D eigenvalue weighted by molar-refractivity contribution is 7.92. The molecule has 3 aromatic rings. The van der Waals surface area contributed by atoms with Crippen molar-refractivity contribution in [3.63, 3.8) is 0 Å². The molecule has 26 heavy (non-hydrogen) atoms. The fourth-order valence-electron chi connectivity index (χ4n) is 2.74. The molecule has 0 bridgehead atoms. The van der Waals surface area contributed by atoms with Gasteiger partial charge in [0.25, 0.3) is 10.0 Å². The molecule has 0 saturated carbocycles. The van der Waals surface area contributed by atoms with Crippen LogP contribution in [-0.2, 0) is 10.0 Å². The third-order valence-corrected chi connectivity index (χ3v) is 6.38. The number of methoxy groups -OCH3 is 1. The summed E-state index contributed by atoms with van der Waals surface area (Å²) in [4.78, 5) is 5.69. The van der Waals surface area contributed by atoms with Crippen LogP contribution < -0.4 is 9.46 Å². The average molecular weight is 389 g/mol. The number of sulfonamides is 1. The van der Waals surface area contributed by atoms with Gasteiger partial charge in [-0.05, 0) is 68.3 Å². The average Bonchev–Trinajstić information content (AvgIpc) is 2.92. The summed E-state index contributed by atoms with van der Waals surface area (Å²) in [6, 6.07) is 12.0. The Balaban J connectivity index is 1.95. The van der Waals surface area contributed by atoms with E-state index in [1.165, 1.54) is 12.1 Å². The topological polar surface area (TPSA) is 68.3 Å². The molecule has 0 aliphatic carbocycles. The number of rotatable bonds is 5. The van der Waals surface area contributed by atoms with Gasteiger partial charge in [-0.15, -0.1) is 11.3 Å². The number of ether oxygens (including phenoxy) is 1. The van der Waals surface area contributed by atoms with Crippen LogP contribution >= 0.6 is 11.3 Å². The van der Waals surface area contributed by atoms with Crippen molar-refractivity contribution in [1.29, 1.82) is 0 Å². The molecule has 1 N–H and O–H groups in total. The zero-order valence-electron chi connectivity index (χ0n) is 15.0. The number of hydrogen-bond acceptors (Lipinski definition) is 5. The fourth-order valence-corrected chi connectivity index (χ4v) is 4.69. The third kappa shape index (κ3) is 3.89. The van der Waals surface area contributed by atoms with E-state index in [1.807, 2.05) is 39.0 Å². The van der Waals surface area contributed by atoms with Crippen LogP contribution in [0.4, 0.5) is 5.69 Å². The van der Waals surface area contributed by atoms with Crippen molar-refractivity contribution in [3.05, 3.63) is 58.7 Å². The second kappa shape index (κ2) is 7.09. The predicted octanol–water partition coefficient (Wildman–Crippen LogP) is 4.54. The number of aromatic nitrogens is 1. The minimum absolute atomic E-state index is 0.186. The number of nitrogens with one attached hydrogen (secondary N) is 1. The lowest BCUT2D eigenvalue weighted by atomic mass is 10.1. The predicted molar refractivity (Wildman–Crippen MR) is 106 cm³/mol. The molecule has 0 aliphatic rings. The second-order valence-electron chi connectivity index (χ2n) is 6.02. The first-order valence-electron chi connectivity index (χ1n) is 8.01. The van der Waals surface area contributed by atoms with Gasteiger partial charge >= 0.3 is 0 Å². The summed E-state index contributed by atoms with van der Waals surface area (Å²) in [5.41, 5.74) is 3.41. The van der Waals surface area contributed by atoms with E-state index in [0.717, 1.165) is 26.7 Å². The van der Waals surface area contributed by atoms with Gasteiger partial charge < -0.3 is 4.74 Å². The van der Waals surface area contributed by atoms with E-state index in [2.05, 4.69) is 9.71 Å². The highest BCUT2D eigenvalue weighted by Crippen LogP contribution is 2.33. The summed E-state index contributed by atoms with van der Waals surface area (Å²) in [6.07, 6.45) is 0. The van der Waals surface area contributed by atoms with Crippen molar-refractivity contribution in [1.82, 2.24) is 4.98 Å². The molecule has 5 nitrogen and oxygen atoms in total. The first kappa shape index (κ1) is 18.4. The van der Waals surface area contributed by atoms with E-state index in [9.17, 15) is 8.42 Å². The fraction of sp³-hybridized carbons (Fsp3) is 0.211. The Morgan fingerprint density at radius 1 is 1.04 bits per heavy atom. The van der Waals surface area contributed by atoms with Crippen LogP contribution in [-0.4, -0.2) is 20.5 Å². The molecule has 0 atom stereocenters. The molecule has 0 spiro atoms. The van der Waals surface area contributed by atoms with Crippen LogP contribution in [0.3, 0.4) is 0 Å². The van der Waals surface area contributed by atoms with Crippen molar-refractivity contribution in [2.45, 2.75) is 25.7 Å². The van der Waals surface area contributed by atoms with Crippen LogP contribution in [0.5, 0.6) is 5.75 Å². The van der Waals surface area contributed by atoms with E-state index in [0.29, 0.717) is 11.4 Å². The largest absolute Gasteiger partial charge is 0.497 e. The molecule has 7 heteroatoms. The molecule has 1 heterocycles. The van der Waals surface area contributed by atoms with Gasteiger partial charge in [-0.3, -0.25) is 4.72 Å². The Labute approximate surface area is 157 Å². The molecule has 2 aromatic carbocycles. The Morgan fingerprint density at radius 2 is 1.73 bits per heavy atom. The zero-order valence-corrected chi connectivity index (χ0v) is 16.7. The summed E-state index contributed by atoms with van der Waals surface area (Å²) < 4.78 is 33.1. The minimum atomic E-state index is -3.68. The summed E-state index contributed by atoms with van der Waals surface area (Å²) in [7, 11) is -2.14. The van der Waals surface area contributed by atoms with Gasteiger partial charge in [0.15, 0.2) is 0 Å². The number of thiazole rings is 1. The lowest BCUT2D eigenvalue weighted by Crippen LogP contribution is -2.13. The standard InChI is InChI=1S/C19H20N2O3S2/c1-12-9-15(19-13(2)20-14(3)25-19)11-16(10-12)21-26(22,23)18-7-5-17(24-4)6-8-18/h5-11,21H,1-4H3. The van der Waals surface area contributed by atoms with Crippen LogP contribution in [0.2, 0.25) is 0 Å². The molecular formula is C19H20N2O3S2. The molecular weight excluding hydrogens is 368 g/mol. The summed E-state index contributed by atoms with van der Waals surface area (Å²) >= 11 is 1.60. The molecule has 0 fully saturated rings. The Bertz CT molecular complexity index is 1040. The molecule has 1 aromatic heterocycles. The second-order valence-corrected chi connectivity index (χ2v) is 8.90. The number of anilines is 1. The maximum atomic E-state index is 12.7. The quantitative estimate of drug-likeness (QED) is 0.696. The molecule has 136 valence electrons. The van der Waals surface area contributed by atoms with Crippen molar-refractivity contribution < 1.29 is 13.2 Å². The first-order chi connectivity index (χ1) is 12.3. The van der Waals surface area contributed by atoms with Crippen LogP contribution in [0.25, 0.3) is 10.4 Å². The van der Waals surface area contributed by atoms with E-state index in [-0.39, 0.29) is 4.90 Å². The van der Waals surface area contributed by atoms with Crippen molar-refractivity contribution in [3.8, 4) is 16.2 Å². The van der Waals surface area contributed by atoms with E-state index in [1.54, 1.807) is 30.6 Å². The van der Waals surface area contributed by atoms with Gasteiger partial charge in [0.05, 0.1) is 27.6 Å². The monoisotopic (exact) mass is 388 g/mol. The lowest BCUT2D eigenvalue weighted by molar-refractivity contribution is 0.414. The Morgan fingerprint density at radius 3 is 2.31 bits per heavy atom. The lowest BCUT2D eigenvalue weighted by Gasteiger charge is -2.11. The molecule has 0 saturated heterocycles. The van der Waals surface area contributed by atoms with Gasteiger partial charge in [-0.1, -0.05) is 6.07 Å². The van der Waals surface area contributed by atoms with Gasteiger partial charge in [-0.25, -0.2) is 13.4 Å². The normalized spacial score (nSPS) is 11.4. The Hall–Kier alpha value is -2.38. The Kier molecular flexibility index (Phi) is 5.02. The van der Waals surface area contributed by atoms with Crippen molar-refractivity contribution >= 4 is 27.0 Å². The molecule has 3 rings (SSSR count). The summed E-state index contributed by atoms with van der Waals surface area (Å²) in [5, 5.41) is 0.986. The summed E-state index contributed by atoms with van der Waals surface area (Å²) in [5.74, 6) is 0.609. The van der Waals surface area contributed by atoms with Gasteiger partial charge in [0, 0.05) is 5.69 Å². The van der Waals surface area contributed by atoms with Gasteiger partial charge in [0.2, 0.25) is 0 Å². The van der Waals surface area contributed by atoms with Gasteiger partial charge in [0.1, 0.15) is 5.75 Å². The van der Waals surface area contributed by atoms with E-state index < -0.39 is 10.0 Å².